The summed E-state index contributed by atoms with van der Waals surface area (Å²) in [5.74, 6) is -2.26. The van der Waals surface area contributed by atoms with Crippen LogP contribution in [0.2, 0.25) is 0 Å². The Morgan fingerprint density at radius 2 is 1.80 bits per heavy atom. The van der Waals surface area contributed by atoms with Gasteiger partial charge in [-0.25, -0.2) is 4.79 Å². The summed E-state index contributed by atoms with van der Waals surface area (Å²) in [6.45, 7) is 5.23. The number of alkyl halides is 3. The molecule has 2 aromatic carbocycles. The summed E-state index contributed by atoms with van der Waals surface area (Å²) in [7, 11) is 2.32. The van der Waals surface area contributed by atoms with Crippen molar-refractivity contribution < 1.29 is 46.1 Å². The lowest BCUT2D eigenvalue weighted by molar-refractivity contribution is -0.296. The zero-order valence-electron chi connectivity index (χ0n) is 23.3. The van der Waals surface area contributed by atoms with E-state index in [4.69, 9.17) is 28.1 Å². The molecule has 0 aliphatic carbocycles. The van der Waals surface area contributed by atoms with E-state index in [-0.39, 0.29) is 40.9 Å². The molecule has 5 rings (SSSR count). The summed E-state index contributed by atoms with van der Waals surface area (Å²) in [6, 6.07) is 9.64. The molecular formula is C30H31F3O8. The topological polar surface area (TPSA) is 93.4 Å². The third-order valence-electron chi connectivity index (χ3n) is 7.87. The molecule has 11 heteroatoms. The minimum absolute atomic E-state index is 0.0774. The number of rotatable bonds is 5. The molecule has 0 unspecified atom stereocenters. The Morgan fingerprint density at radius 3 is 2.44 bits per heavy atom. The number of carbonyl (C=O) groups excluding carboxylic acids is 1. The first-order valence-corrected chi connectivity index (χ1v) is 13.2. The predicted molar refractivity (Wildman–Crippen MR) is 141 cm³/mol. The highest BCUT2D eigenvalue weighted by molar-refractivity contribution is 5.87. The molecule has 1 spiro atoms. The molecule has 0 N–H and O–H groups in total. The smallest absolute Gasteiger partial charge is 0.432 e. The molecule has 0 bridgehead atoms. The average Bonchev–Trinajstić information content (AvgIpc) is 2.89. The third kappa shape index (κ3) is 4.74. The zero-order chi connectivity index (χ0) is 29.7. The van der Waals surface area contributed by atoms with Crippen LogP contribution in [0, 0.1) is 12.8 Å². The molecule has 41 heavy (non-hydrogen) atoms. The normalized spacial score (nSPS) is 25.7. The summed E-state index contributed by atoms with van der Waals surface area (Å²) in [4.78, 5) is 26.4. The first-order valence-electron chi connectivity index (χ1n) is 13.2. The van der Waals surface area contributed by atoms with Crippen LogP contribution in [0.1, 0.15) is 43.6 Å². The summed E-state index contributed by atoms with van der Waals surface area (Å²) in [6.07, 6.45) is -6.25. The van der Waals surface area contributed by atoms with Crippen molar-refractivity contribution in [2.75, 3.05) is 14.2 Å². The SMILES string of the molecule is COc1cc2oc(C)cc(=O)c2c2c1C[C@@H](C)[C@@]1(C[C@H](OC(=O)[C@](OC)(c3ccccc3)C(F)(F)F)C[C@H](C)O1)O2. The number of fused-ring (bicyclic) bond motifs is 3. The van der Waals surface area contributed by atoms with E-state index in [1.807, 2.05) is 6.92 Å². The van der Waals surface area contributed by atoms with Crippen molar-refractivity contribution in [1.29, 1.82) is 0 Å². The van der Waals surface area contributed by atoms with Gasteiger partial charge in [-0.1, -0.05) is 37.3 Å². The molecule has 1 saturated heterocycles. The highest BCUT2D eigenvalue weighted by Gasteiger charge is 2.65. The van der Waals surface area contributed by atoms with Gasteiger partial charge in [-0.05, 0) is 20.3 Å². The maximum Gasteiger partial charge on any atom is 0.432 e. The fourth-order valence-electron chi connectivity index (χ4n) is 5.95. The van der Waals surface area contributed by atoms with Gasteiger partial charge >= 0.3 is 12.1 Å². The van der Waals surface area contributed by atoms with Crippen molar-refractivity contribution in [2.24, 2.45) is 5.92 Å². The lowest BCUT2D eigenvalue weighted by atomic mass is 9.82. The van der Waals surface area contributed by atoms with E-state index in [0.717, 1.165) is 7.11 Å². The maximum absolute atomic E-state index is 14.5. The Balaban J connectivity index is 1.53. The van der Waals surface area contributed by atoms with Gasteiger partial charge in [0.05, 0.1) is 19.6 Å². The number of methoxy groups -OCH3 is 2. The maximum atomic E-state index is 14.5. The number of benzene rings is 2. The quantitative estimate of drug-likeness (QED) is 0.363. The van der Waals surface area contributed by atoms with Gasteiger partial charge in [-0.3, -0.25) is 4.79 Å². The zero-order valence-corrected chi connectivity index (χ0v) is 23.3. The molecule has 3 heterocycles. The molecule has 2 aliphatic heterocycles. The van der Waals surface area contributed by atoms with Gasteiger partial charge < -0.3 is 28.1 Å². The molecule has 220 valence electrons. The average molecular weight is 577 g/mol. The molecular weight excluding hydrogens is 545 g/mol. The van der Waals surface area contributed by atoms with Crippen molar-refractivity contribution in [1.82, 2.24) is 0 Å². The Bertz CT molecular complexity index is 1520. The van der Waals surface area contributed by atoms with Gasteiger partial charge in [-0.15, -0.1) is 0 Å². The third-order valence-corrected chi connectivity index (χ3v) is 7.87. The number of hydrogen-bond acceptors (Lipinski definition) is 8. The second-order valence-electron chi connectivity index (χ2n) is 10.6. The van der Waals surface area contributed by atoms with Crippen molar-refractivity contribution in [2.45, 2.75) is 69.8 Å². The summed E-state index contributed by atoms with van der Waals surface area (Å²) >= 11 is 0. The van der Waals surface area contributed by atoms with Crippen LogP contribution in [0.5, 0.6) is 11.5 Å². The van der Waals surface area contributed by atoms with Crippen LogP contribution in [0.15, 0.2) is 51.7 Å². The standard InChI is InChI=1S/C30H31F3O8/c1-16-11-21-23(36-4)14-24-25(22(34)13-17(2)38-24)26(21)41-28(16)15-20(12-18(3)40-28)39-27(35)29(37-5,30(31,32)33)19-9-7-6-8-10-19/h6-10,13-14,16,18,20H,11-12,15H2,1-5H3/t16-,18+,20-,28-,29-/m1/s1. The van der Waals surface area contributed by atoms with E-state index in [9.17, 15) is 22.8 Å². The summed E-state index contributed by atoms with van der Waals surface area (Å²) < 4.78 is 78.1. The Morgan fingerprint density at radius 1 is 1.10 bits per heavy atom. The minimum Gasteiger partial charge on any atom is -0.496 e. The molecule has 5 atom stereocenters. The van der Waals surface area contributed by atoms with Crippen molar-refractivity contribution in [3.63, 3.8) is 0 Å². The fraction of sp³-hybridized carbons (Fsp3) is 0.467. The van der Waals surface area contributed by atoms with Gasteiger partial charge in [0.1, 0.15) is 34.3 Å². The largest absolute Gasteiger partial charge is 0.496 e. The number of aryl methyl sites for hydroxylation is 1. The monoisotopic (exact) mass is 576 g/mol. The lowest BCUT2D eigenvalue weighted by Gasteiger charge is -2.49. The Kier molecular flexibility index (Phi) is 7.31. The fourth-order valence-corrected chi connectivity index (χ4v) is 5.95. The molecule has 2 aliphatic rings. The van der Waals surface area contributed by atoms with E-state index < -0.39 is 41.3 Å². The Labute approximate surface area is 234 Å². The molecule has 8 nitrogen and oxygen atoms in total. The number of halogens is 3. The van der Waals surface area contributed by atoms with E-state index in [1.54, 1.807) is 19.9 Å². The first-order chi connectivity index (χ1) is 19.3. The highest BCUT2D eigenvalue weighted by Crippen LogP contribution is 2.50. The van der Waals surface area contributed by atoms with Crippen LogP contribution < -0.4 is 14.9 Å². The van der Waals surface area contributed by atoms with Crippen molar-refractivity contribution in [3.8, 4) is 11.5 Å². The molecule has 1 fully saturated rings. The number of ether oxygens (including phenoxy) is 5. The second kappa shape index (κ2) is 10.4. The van der Waals surface area contributed by atoms with Crippen LogP contribution in [0.4, 0.5) is 13.2 Å². The van der Waals surface area contributed by atoms with Gasteiger partial charge in [-0.2, -0.15) is 13.2 Å². The van der Waals surface area contributed by atoms with Crippen LogP contribution in [0.25, 0.3) is 11.0 Å². The van der Waals surface area contributed by atoms with Crippen LogP contribution in [0.3, 0.4) is 0 Å². The Hall–Kier alpha value is -3.57. The van der Waals surface area contributed by atoms with Gasteiger partial charge in [0.2, 0.25) is 5.79 Å². The van der Waals surface area contributed by atoms with Gasteiger partial charge in [0.25, 0.3) is 5.60 Å². The lowest BCUT2D eigenvalue weighted by Crippen LogP contribution is -2.58. The van der Waals surface area contributed by atoms with E-state index in [2.05, 4.69) is 0 Å². The highest BCUT2D eigenvalue weighted by atomic mass is 19.4. The second-order valence-corrected chi connectivity index (χ2v) is 10.6. The molecule has 1 aromatic heterocycles. The molecule has 0 radical (unpaired) electrons. The summed E-state index contributed by atoms with van der Waals surface area (Å²) in [5, 5.41) is 0.201. The number of carbonyl (C=O) groups is 1. The van der Waals surface area contributed by atoms with E-state index in [0.29, 0.717) is 23.5 Å². The van der Waals surface area contributed by atoms with Crippen molar-refractivity contribution in [3.05, 3.63) is 69.6 Å². The molecule has 0 amide bonds. The van der Waals surface area contributed by atoms with Crippen LogP contribution in [-0.2, 0) is 31.0 Å². The number of hydrogen-bond donors (Lipinski definition) is 0. The molecule has 3 aromatic rings. The minimum atomic E-state index is -5.11. The predicted octanol–water partition coefficient (Wildman–Crippen LogP) is 5.59. The first kappa shape index (κ1) is 28.9. The van der Waals surface area contributed by atoms with Crippen molar-refractivity contribution >= 4 is 16.9 Å². The molecule has 0 saturated carbocycles. The van der Waals surface area contributed by atoms with Crippen LogP contribution in [-0.4, -0.2) is 44.4 Å². The van der Waals surface area contributed by atoms with Crippen LogP contribution >= 0.6 is 0 Å². The van der Waals surface area contributed by atoms with Gasteiger partial charge in [0, 0.05) is 42.7 Å². The van der Waals surface area contributed by atoms with E-state index in [1.165, 1.54) is 43.5 Å². The number of esters is 1. The van der Waals surface area contributed by atoms with Gasteiger partial charge in [0.15, 0.2) is 5.43 Å². The van der Waals surface area contributed by atoms with E-state index >= 15 is 0 Å². The summed E-state index contributed by atoms with van der Waals surface area (Å²) in [5.41, 5.74) is -3.14.